The van der Waals surface area contributed by atoms with Gasteiger partial charge >= 0.3 is 0 Å². The molecule has 4 rings (SSSR count). The van der Waals surface area contributed by atoms with Crippen LogP contribution in [0.4, 0.5) is 5.69 Å². The number of halogens is 2. The zero-order valence-electron chi connectivity index (χ0n) is 12.6. The molecule has 0 aliphatic carbocycles. The van der Waals surface area contributed by atoms with E-state index in [0.717, 1.165) is 20.1 Å². The maximum absolute atomic E-state index is 12.5. The van der Waals surface area contributed by atoms with Crippen LogP contribution >= 0.6 is 45.9 Å². The van der Waals surface area contributed by atoms with Gasteiger partial charge in [0.2, 0.25) is 0 Å². The number of aromatic nitrogens is 1. The maximum atomic E-state index is 12.5. The number of fused-ring (bicyclic) bond motifs is 1. The van der Waals surface area contributed by atoms with Gasteiger partial charge in [0.15, 0.2) is 0 Å². The van der Waals surface area contributed by atoms with E-state index in [9.17, 15) is 4.79 Å². The van der Waals surface area contributed by atoms with Gasteiger partial charge in [-0.15, -0.1) is 22.7 Å². The number of carbonyl (C=O) groups excluding carboxylic acids is 1. The smallest absolute Gasteiger partial charge is 0.265 e. The molecule has 25 heavy (non-hydrogen) atoms. The molecule has 124 valence electrons. The first-order valence-corrected chi connectivity index (χ1v) is 9.71. The highest BCUT2D eigenvalue weighted by molar-refractivity contribution is 7.26. The second-order valence-corrected chi connectivity index (χ2v) is 8.19. The Labute approximate surface area is 161 Å². The van der Waals surface area contributed by atoms with Gasteiger partial charge in [0, 0.05) is 5.02 Å². The number of anilines is 1. The average molecular weight is 405 g/mol. The molecule has 0 spiro atoms. The van der Waals surface area contributed by atoms with Gasteiger partial charge in [0.1, 0.15) is 5.01 Å². The number of hydrogen-bond acceptors (Lipinski definition) is 4. The van der Waals surface area contributed by atoms with Crippen molar-refractivity contribution in [3.8, 4) is 9.88 Å². The van der Waals surface area contributed by atoms with Gasteiger partial charge in [-0.25, -0.2) is 4.98 Å². The van der Waals surface area contributed by atoms with Gasteiger partial charge < -0.3 is 5.32 Å². The van der Waals surface area contributed by atoms with Crippen molar-refractivity contribution in [1.29, 1.82) is 0 Å². The van der Waals surface area contributed by atoms with Crippen molar-refractivity contribution < 1.29 is 4.79 Å². The van der Waals surface area contributed by atoms with E-state index < -0.39 is 0 Å². The molecule has 3 nitrogen and oxygen atoms in total. The van der Waals surface area contributed by atoms with Crippen LogP contribution in [0.2, 0.25) is 10.0 Å². The number of amides is 1. The summed E-state index contributed by atoms with van der Waals surface area (Å²) in [5.41, 5.74) is 1.46. The third kappa shape index (κ3) is 3.41. The number of thiazole rings is 1. The predicted octanol–water partition coefficient (Wildman–Crippen LogP) is 6.58. The molecule has 2 aromatic carbocycles. The summed E-state index contributed by atoms with van der Waals surface area (Å²) in [6.07, 6.45) is 0. The van der Waals surface area contributed by atoms with E-state index in [1.807, 2.05) is 30.3 Å². The molecule has 7 heteroatoms. The SMILES string of the molecule is O=C(Nc1cc(Cl)ccc1Cl)c1ccc(-c2nc3ccccc3s2)s1. The number of benzene rings is 2. The third-order valence-corrected chi connectivity index (χ3v) is 6.37. The number of carbonyl (C=O) groups is 1. The van der Waals surface area contributed by atoms with Crippen LogP contribution in [0.15, 0.2) is 54.6 Å². The van der Waals surface area contributed by atoms with Crippen molar-refractivity contribution in [3.63, 3.8) is 0 Å². The van der Waals surface area contributed by atoms with E-state index in [1.54, 1.807) is 35.6 Å². The zero-order valence-corrected chi connectivity index (χ0v) is 15.8. The van der Waals surface area contributed by atoms with Gasteiger partial charge in [-0.1, -0.05) is 35.3 Å². The van der Waals surface area contributed by atoms with E-state index in [2.05, 4.69) is 10.3 Å². The Kier molecular flexibility index (Phi) is 4.48. The number of rotatable bonds is 3. The lowest BCUT2D eigenvalue weighted by atomic mass is 10.3. The second-order valence-electron chi connectivity index (χ2n) is 5.23. The number of hydrogen-bond donors (Lipinski definition) is 1. The van der Waals surface area contributed by atoms with Crippen molar-refractivity contribution in [1.82, 2.24) is 4.98 Å². The van der Waals surface area contributed by atoms with Gasteiger partial charge in [-0.2, -0.15) is 0 Å². The number of para-hydroxylation sites is 1. The Balaban J connectivity index is 1.60. The van der Waals surface area contributed by atoms with Crippen LogP contribution < -0.4 is 5.32 Å². The fourth-order valence-corrected chi connectivity index (χ4v) is 4.59. The van der Waals surface area contributed by atoms with Crippen LogP contribution in [0, 0.1) is 0 Å². The fraction of sp³-hybridized carbons (Fsp3) is 0. The van der Waals surface area contributed by atoms with Crippen molar-refractivity contribution >= 4 is 67.7 Å². The topological polar surface area (TPSA) is 42.0 Å². The van der Waals surface area contributed by atoms with Gasteiger partial charge in [-0.3, -0.25) is 4.79 Å². The lowest BCUT2D eigenvalue weighted by molar-refractivity contribution is 0.103. The summed E-state index contributed by atoms with van der Waals surface area (Å²) in [6.45, 7) is 0. The summed E-state index contributed by atoms with van der Waals surface area (Å²) in [5.74, 6) is -0.221. The minimum Gasteiger partial charge on any atom is -0.320 e. The monoisotopic (exact) mass is 404 g/mol. The minimum atomic E-state index is -0.221. The summed E-state index contributed by atoms with van der Waals surface area (Å²) < 4.78 is 1.13. The van der Waals surface area contributed by atoms with Crippen LogP contribution in [0.25, 0.3) is 20.1 Å². The summed E-state index contributed by atoms with van der Waals surface area (Å²) in [5, 5.41) is 4.67. The molecule has 1 N–H and O–H groups in total. The van der Waals surface area contributed by atoms with Crippen molar-refractivity contribution in [2.24, 2.45) is 0 Å². The van der Waals surface area contributed by atoms with E-state index in [4.69, 9.17) is 23.2 Å². The van der Waals surface area contributed by atoms with Gasteiger partial charge in [0.25, 0.3) is 5.91 Å². The highest BCUT2D eigenvalue weighted by Crippen LogP contribution is 2.35. The molecule has 0 aliphatic heterocycles. The summed E-state index contributed by atoms with van der Waals surface area (Å²) in [7, 11) is 0. The van der Waals surface area contributed by atoms with Crippen molar-refractivity contribution in [2.75, 3.05) is 5.32 Å². The standard InChI is InChI=1S/C18H10Cl2N2OS2/c19-10-5-6-11(20)13(9-10)21-17(23)15-7-8-16(24-15)18-22-12-3-1-2-4-14(12)25-18/h1-9H,(H,21,23). The van der Waals surface area contributed by atoms with E-state index in [0.29, 0.717) is 20.6 Å². The Morgan fingerprint density at radius 1 is 1.00 bits per heavy atom. The third-order valence-electron chi connectivity index (χ3n) is 3.51. The normalized spacial score (nSPS) is 11.0. The zero-order chi connectivity index (χ0) is 17.4. The van der Waals surface area contributed by atoms with Gasteiger partial charge in [-0.05, 0) is 42.5 Å². The lowest BCUT2D eigenvalue weighted by Crippen LogP contribution is -2.10. The Hall–Kier alpha value is -1.92. The quantitative estimate of drug-likeness (QED) is 0.418. The Bertz CT molecular complexity index is 1050. The molecule has 0 radical (unpaired) electrons. The first kappa shape index (κ1) is 16.5. The summed E-state index contributed by atoms with van der Waals surface area (Å²) >= 11 is 15.1. The summed E-state index contributed by atoms with van der Waals surface area (Å²) in [6, 6.07) is 16.6. The minimum absolute atomic E-state index is 0.221. The fourth-order valence-electron chi connectivity index (χ4n) is 2.33. The molecule has 1 amide bonds. The molecule has 4 aromatic rings. The number of thiophene rings is 1. The average Bonchev–Trinajstić information content (AvgIpc) is 3.24. The molecular weight excluding hydrogens is 395 g/mol. The largest absolute Gasteiger partial charge is 0.320 e. The molecule has 0 fully saturated rings. The molecule has 0 atom stereocenters. The van der Waals surface area contributed by atoms with E-state index in [1.165, 1.54) is 11.3 Å². The number of nitrogens with one attached hydrogen (secondary N) is 1. The van der Waals surface area contributed by atoms with Crippen LogP contribution in [-0.4, -0.2) is 10.9 Å². The lowest BCUT2D eigenvalue weighted by Gasteiger charge is -2.06. The highest BCUT2D eigenvalue weighted by atomic mass is 35.5. The molecule has 0 saturated heterocycles. The van der Waals surface area contributed by atoms with E-state index >= 15 is 0 Å². The first-order chi connectivity index (χ1) is 12.1. The van der Waals surface area contributed by atoms with Crippen LogP contribution in [0.1, 0.15) is 9.67 Å². The van der Waals surface area contributed by atoms with Crippen molar-refractivity contribution in [2.45, 2.75) is 0 Å². The van der Waals surface area contributed by atoms with Crippen LogP contribution in [0.3, 0.4) is 0 Å². The first-order valence-electron chi connectivity index (χ1n) is 7.32. The molecule has 0 aliphatic rings. The van der Waals surface area contributed by atoms with Crippen molar-refractivity contribution in [3.05, 3.63) is 69.5 Å². The summed E-state index contributed by atoms with van der Waals surface area (Å²) in [4.78, 5) is 18.6. The molecule has 0 saturated carbocycles. The molecular formula is C18H10Cl2N2OS2. The van der Waals surface area contributed by atoms with Gasteiger partial charge in [0.05, 0.1) is 30.7 Å². The number of nitrogens with zero attached hydrogens (tertiary/aromatic N) is 1. The highest BCUT2D eigenvalue weighted by Gasteiger charge is 2.14. The Morgan fingerprint density at radius 2 is 1.84 bits per heavy atom. The Morgan fingerprint density at radius 3 is 2.68 bits per heavy atom. The molecule has 0 unspecified atom stereocenters. The maximum Gasteiger partial charge on any atom is 0.265 e. The molecule has 0 bridgehead atoms. The molecule has 2 aromatic heterocycles. The second kappa shape index (κ2) is 6.77. The molecule has 2 heterocycles. The van der Waals surface area contributed by atoms with E-state index in [-0.39, 0.29) is 5.91 Å². The van der Waals surface area contributed by atoms with Crippen LogP contribution in [0.5, 0.6) is 0 Å². The van der Waals surface area contributed by atoms with Crippen LogP contribution in [-0.2, 0) is 0 Å². The predicted molar refractivity (Wildman–Crippen MR) is 107 cm³/mol.